The molecule has 5 heteroatoms. The van der Waals surface area contributed by atoms with E-state index in [0.717, 1.165) is 0 Å². The van der Waals surface area contributed by atoms with Crippen LogP contribution in [0.4, 0.5) is 0 Å². The van der Waals surface area contributed by atoms with E-state index >= 15 is 0 Å². The van der Waals surface area contributed by atoms with Crippen LogP contribution in [0.3, 0.4) is 0 Å². The highest BCUT2D eigenvalue weighted by Crippen LogP contribution is 2.10. The summed E-state index contributed by atoms with van der Waals surface area (Å²) in [5.74, 6) is 0.434. The summed E-state index contributed by atoms with van der Waals surface area (Å²) < 4.78 is 4.88. The maximum absolute atomic E-state index is 11.6. The third kappa shape index (κ3) is 3.77. The zero-order chi connectivity index (χ0) is 14.4. The summed E-state index contributed by atoms with van der Waals surface area (Å²) in [4.78, 5) is 29.4. The second-order valence-electron chi connectivity index (χ2n) is 4.28. The smallest absolute Gasteiger partial charge is 0.337 e. The van der Waals surface area contributed by atoms with E-state index in [1.165, 1.54) is 18.9 Å². The number of nitrogens with one attached hydrogen (secondary N) is 1. The molecule has 19 heavy (non-hydrogen) atoms. The summed E-state index contributed by atoms with van der Waals surface area (Å²) in [5.41, 5.74) is 0.0329. The molecule has 0 spiro atoms. The van der Waals surface area contributed by atoms with Crippen LogP contribution < -0.4 is 11.2 Å². The summed E-state index contributed by atoms with van der Waals surface area (Å²) in [7, 11) is 0. The van der Waals surface area contributed by atoms with Gasteiger partial charge in [-0.15, -0.1) is 0 Å². The van der Waals surface area contributed by atoms with Crippen LogP contribution in [-0.2, 0) is 6.42 Å². The van der Waals surface area contributed by atoms with Gasteiger partial charge < -0.3 is 9.40 Å². The van der Waals surface area contributed by atoms with Crippen molar-refractivity contribution in [3.63, 3.8) is 0 Å². The second kappa shape index (κ2) is 6.87. The fraction of sp³-hybridized carbons (Fsp3) is 0.500. The molecule has 0 saturated heterocycles. The van der Waals surface area contributed by atoms with Crippen LogP contribution in [0.1, 0.15) is 45.0 Å². The Kier molecular flexibility index (Phi) is 5.48. The van der Waals surface area contributed by atoms with Crippen molar-refractivity contribution in [1.29, 1.82) is 0 Å². The van der Waals surface area contributed by atoms with E-state index < -0.39 is 5.63 Å². The largest absolute Gasteiger partial charge is 0.403 e. The van der Waals surface area contributed by atoms with Crippen LogP contribution in [0, 0.1) is 6.92 Å². The monoisotopic (exact) mass is 264 g/mol. The molecule has 0 radical (unpaired) electrons. The average molecular weight is 264 g/mol. The third-order valence-corrected chi connectivity index (χ3v) is 2.70. The first kappa shape index (κ1) is 15.1. The van der Waals surface area contributed by atoms with Crippen LogP contribution in [-0.4, -0.2) is 9.97 Å². The molecule has 0 fully saturated rings. The normalized spacial score (nSPS) is 10.1. The first-order chi connectivity index (χ1) is 9.03. The minimum atomic E-state index is -0.475. The van der Waals surface area contributed by atoms with Crippen molar-refractivity contribution >= 4 is 11.1 Å². The van der Waals surface area contributed by atoms with Crippen molar-refractivity contribution in [2.45, 2.75) is 47.0 Å². The first-order valence-corrected chi connectivity index (χ1v) is 6.57. The van der Waals surface area contributed by atoms with Crippen molar-refractivity contribution in [1.82, 2.24) is 9.97 Å². The molecular formula is C14H20N2O3. The van der Waals surface area contributed by atoms with Gasteiger partial charge in [-0.05, 0) is 18.9 Å². The topological polar surface area (TPSA) is 76.0 Å². The Labute approximate surface area is 111 Å². The van der Waals surface area contributed by atoms with Gasteiger partial charge in [0.25, 0.3) is 5.56 Å². The molecule has 2 heterocycles. The maximum atomic E-state index is 11.6. The molecule has 0 saturated carbocycles. The van der Waals surface area contributed by atoms with Crippen LogP contribution in [0.2, 0.25) is 0 Å². The number of aromatic amines is 1. The predicted octanol–water partition coefficient (Wildman–Crippen LogP) is 2.55. The number of rotatable bonds is 2. The molecule has 0 aromatic carbocycles. The lowest BCUT2D eigenvalue weighted by Crippen LogP contribution is -2.14. The van der Waals surface area contributed by atoms with Crippen LogP contribution >= 0.6 is 0 Å². The van der Waals surface area contributed by atoms with Crippen LogP contribution in [0.15, 0.2) is 20.1 Å². The standard InChI is InChI=1S/C10H10N2O3.C4H10/c1-3-6-4-7(13)15-10-8(6)9(14)11-5(2)12-10;1-3-4-2/h4H,3H2,1-2H3,(H,11,12,14);3-4H2,1-2H3. The number of aryl methyl sites for hydroxylation is 2. The maximum Gasteiger partial charge on any atom is 0.337 e. The minimum Gasteiger partial charge on any atom is -0.403 e. The highest BCUT2D eigenvalue weighted by molar-refractivity contribution is 5.75. The van der Waals surface area contributed by atoms with Crippen LogP contribution in [0.5, 0.6) is 0 Å². The molecule has 1 N–H and O–H groups in total. The zero-order valence-electron chi connectivity index (χ0n) is 11.9. The number of H-pyrrole nitrogens is 1. The SMILES string of the molecule is CCCC.CCc1cc(=O)oc2nc(C)[nH]c(=O)c12. The zero-order valence-corrected chi connectivity index (χ0v) is 11.9. The number of fused-ring (bicyclic) bond motifs is 1. The van der Waals surface area contributed by atoms with E-state index in [-0.39, 0.29) is 11.3 Å². The van der Waals surface area contributed by atoms with Gasteiger partial charge in [-0.3, -0.25) is 4.79 Å². The van der Waals surface area contributed by atoms with Crippen molar-refractivity contribution in [2.75, 3.05) is 0 Å². The molecule has 0 atom stereocenters. The molecule has 2 rings (SSSR count). The summed E-state index contributed by atoms with van der Waals surface area (Å²) >= 11 is 0. The van der Waals surface area contributed by atoms with Crippen molar-refractivity contribution in [2.24, 2.45) is 0 Å². The van der Waals surface area contributed by atoms with E-state index in [4.69, 9.17) is 4.42 Å². The van der Waals surface area contributed by atoms with Gasteiger partial charge in [0, 0.05) is 6.07 Å². The van der Waals surface area contributed by atoms with E-state index in [2.05, 4.69) is 23.8 Å². The van der Waals surface area contributed by atoms with Crippen molar-refractivity contribution in [3.8, 4) is 0 Å². The molecule has 104 valence electrons. The fourth-order valence-electron chi connectivity index (χ4n) is 1.54. The van der Waals surface area contributed by atoms with E-state index in [1.807, 2.05) is 6.92 Å². The van der Waals surface area contributed by atoms with Crippen molar-refractivity contribution in [3.05, 3.63) is 38.2 Å². The van der Waals surface area contributed by atoms with Gasteiger partial charge in [0.2, 0.25) is 5.71 Å². The Morgan fingerprint density at radius 2 is 1.84 bits per heavy atom. The molecular weight excluding hydrogens is 244 g/mol. The number of hydrogen-bond donors (Lipinski definition) is 1. The Balaban J connectivity index is 0.000000399. The van der Waals surface area contributed by atoms with Crippen LogP contribution in [0.25, 0.3) is 11.1 Å². The summed E-state index contributed by atoms with van der Waals surface area (Å²) in [6, 6.07) is 1.33. The summed E-state index contributed by atoms with van der Waals surface area (Å²) in [5, 5.41) is 0.364. The highest BCUT2D eigenvalue weighted by Gasteiger charge is 2.09. The Hall–Kier alpha value is -1.91. The average Bonchev–Trinajstić information content (AvgIpc) is 2.37. The second-order valence-corrected chi connectivity index (χ2v) is 4.28. The molecule has 0 aliphatic heterocycles. The summed E-state index contributed by atoms with van der Waals surface area (Å²) in [6.07, 6.45) is 3.23. The molecule has 0 bridgehead atoms. The quantitative estimate of drug-likeness (QED) is 0.904. The van der Waals surface area contributed by atoms with Gasteiger partial charge in [0.1, 0.15) is 11.2 Å². The molecule has 0 amide bonds. The van der Waals surface area contributed by atoms with Gasteiger partial charge in [0.05, 0.1) is 0 Å². The predicted molar refractivity (Wildman–Crippen MR) is 75.6 cm³/mol. The van der Waals surface area contributed by atoms with Gasteiger partial charge in [-0.2, -0.15) is 4.98 Å². The number of aromatic nitrogens is 2. The molecule has 0 aliphatic rings. The van der Waals surface area contributed by atoms with E-state index in [0.29, 0.717) is 23.2 Å². The van der Waals surface area contributed by atoms with Gasteiger partial charge >= 0.3 is 5.63 Å². The Morgan fingerprint density at radius 1 is 1.21 bits per heavy atom. The molecule has 2 aromatic rings. The highest BCUT2D eigenvalue weighted by atomic mass is 16.4. The molecule has 5 nitrogen and oxygen atoms in total. The first-order valence-electron chi connectivity index (χ1n) is 6.57. The van der Waals surface area contributed by atoms with E-state index in [9.17, 15) is 9.59 Å². The minimum absolute atomic E-state index is 0.112. The third-order valence-electron chi connectivity index (χ3n) is 2.70. The molecule has 0 aliphatic carbocycles. The number of hydrogen-bond acceptors (Lipinski definition) is 4. The van der Waals surface area contributed by atoms with Gasteiger partial charge in [0.15, 0.2) is 0 Å². The Bertz CT molecular complexity index is 654. The molecule has 0 unspecified atom stereocenters. The lowest BCUT2D eigenvalue weighted by molar-refractivity contribution is 0.545. The Morgan fingerprint density at radius 3 is 2.37 bits per heavy atom. The lowest BCUT2D eigenvalue weighted by atomic mass is 10.1. The lowest BCUT2D eigenvalue weighted by Gasteiger charge is -2.01. The van der Waals surface area contributed by atoms with Gasteiger partial charge in [-0.25, -0.2) is 4.79 Å². The van der Waals surface area contributed by atoms with E-state index in [1.54, 1.807) is 6.92 Å². The summed E-state index contributed by atoms with van der Waals surface area (Å²) in [6.45, 7) is 7.87. The molecule has 2 aromatic heterocycles. The fourth-order valence-corrected chi connectivity index (χ4v) is 1.54. The van der Waals surface area contributed by atoms with Crippen molar-refractivity contribution < 1.29 is 4.42 Å². The number of nitrogens with zero attached hydrogens (tertiary/aromatic N) is 1. The van der Waals surface area contributed by atoms with Gasteiger partial charge in [-0.1, -0.05) is 33.6 Å². The number of unbranched alkanes of at least 4 members (excludes halogenated alkanes) is 1.